The fraction of sp³-hybridized carbons (Fsp3) is 0.556. The Hall–Kier alpha value is -1.32. The third kappa shape index (κ3) is 3.20. The maximum atomic E-state index is 11.2. The van der Waals surface area contributed by atoms with Crippen molar-refractivity contribution in [3.8, 4) is 0 Å². The summed E-state index contributed by atoms with van der Waals surface area (Å²) in [4.78, 5) is 10.3. The molecule has 26 heavy (non-hydrogen) atoms. The number of aliphatic hydroxyl groups is 1. The van der Waals surface area contributed by atoms with Crippen LogP contribution in [0.15, 0.2) is 18.2 Å². The van der Waals surface area contributed by atoms with Gasteiger partial charge >= 0.3 is 0 Å². The second-order valence-electron chi connectivity index (χ2n) is 7.47. The summed E-state index contributed by atoms with van der Waals surface area (Å²) in [6, 6.07) is 6.15. The maximum Gasteiger partial charge on any atom is 0.190 e. The smallest absolute Gasteiger partial charge is 0.190 e. The summed E-state index contributed by atoms with van der Waals surface area (Å²) in [5.74, 6) is 0.304. The highest BCUT2D eigenvalue weighted by molar-refractivity contribution is 7.80. The van der Waals surface area contributed by atoms with E-state index >= 15 is 0 Å². The number of hydrogen-bond donors (Lipinski definition) is 3. The molecule has 0 aliphatic carbocycles. The van der Waals surface area contributed by atoms with Gasteiger partial charge in [-0.2, -0.15) is 4.65 Å². The van der Waals surface area contributed by atoms with Crippen LogP contribution in [0, 0.1) is 12.8 Å². The molecule has 1 atom stereocenters. The van der Waals surface area contributed by atoms with Crippen molar-refractivity contribution in [3.05, 3.63) is 23.8 Å². The summed E-state index contributed by atoms with van der Waals surface area (Å²) < 4.78 is 1.68. The van der Waals surface area contributed by atoms with Crippen LogP contribution >= 0.6 is 23.6 Å². The number of para-hydroxylation sites is 1. The van der Waals surface area contributed by atoms with E-state index in [4.69, 9.17) is 17.1 Å². The average molecular weight is 394 g/mol. The molecule has 3 aliphatic heterocycles. The van der Waals surface area contributed by atoms with Crippen LogP contribution in [0.4, 0.5) is 5.13 Å². The lowest BCUT2D eigenvalue weighted by Crippen LogP contribution is -2.71. The Morgan fingerprint density at radius 1 is 1.46 bits per heavy atom. The first-order valence-electron chi connectivity index (χ1n) is 8.98. The Bertz CT molecular complexity index is 832. The van der Waals surface area contributed by atoms with E-state index in [0.29, 0.717) is 28.8 Å². The van der Waals surface area contributed by atoms with E-state index in [1.165, 1.54) is 0 Å². The Kier molecular flexibility index (Phi) is 4.65. The highest BCUT2D eigenvalue weighted by Crippen LogP contribution is 2.40. The standard InChI is InChI=1S/C18H24N4O2S2/c1-12-4-3-5-14-15(12)20-17(26-14)21-16(25)19-10-18(23)11-22(24-2)8-6-13(18)7-9-22/h3-5,13,23H,6-11H2,1-2H3,(H-,19,20,21,25)/p+1. The van der Waals surface area contributed by atoms with Gasteiger partial charge in [-0.1, -0.05) is 23.5 Å². The van der Waals surface area contributed by atoms with Crippen molar-refractivity contribution in [3.63, 3.8) is 0 Å². The lowest BCUT2D eigenvalue weighted by molar-refractivity contribution is -1.12. The van der Waals surface area contributed by atoms with Gasteiger partial charge in [-0.15, -0.1) is 0 Å². The largest absolute Gasteiger partial charge is 0.382 e. The van der Waals surface area contributed by atoms with Crippen LogP contribution in [0.3, 0.4) is 0 Å². The first-order valence-corrected chi connectivity index (χ1v) is 10.2. The second-order valence-corrected chi connectivity index (χ2v) is 8.91. The predicted octanol–water partition coefficient (Wildman–Crippen LogP) is 2.42. The molecule has 0 saturated carbocycles. The number of aromatic nitrogens is 1. The third-order valence-corrected chi connectivity index (χ3v) is 7.06. The molecule has 140 valence electrons. The molecule has 8 heteroatoms. The van der Waals surface area contributed by atoms with Gasteiger partial charge in [0.2, 0.25) is 0 Å². The molecule has 1 aromatic carbocycles. The number of thiazole rings is 1. The molecule has 3 saturated heterocycles. The molecule has 6 nitrogen and oxygen atoms in total. The lowest BCUT2D eigenvalue weighted by Gasteiger charge is -2.53. The number of thiocarbonyl (C=S) groups is 1. The number of nitrogens with zero attached hydrogens (tertiary/aromatic N) is 2. The number of rotatable bonds is 4. The van der Waals surface area contributed by atoms with Crippen molar-refractivity contribution in [1.82, 2.24) is 10.3 Å². The van der Waals surface area contributed by atoms with Gasteiger partial charge in [-0.25, -0.2) is 9.82 Å². The molecule has 2 aromatic rings. The predicted molar refractivity (Wildman–Crippen MR) is 108 cm³/mol. The first kappa shape index (κ1) is 18.1. The topological polar surface area (TPSA) is 66.4 Å². The van der Waals surface area contributed by atoms with E-state index < -0.39 is 5.60 Å². The summed E-state index contributed by atoms with van der Waals surface area (Å²) in [7, 11) is 1.74. The highest BCUT2D eigenvalue weighted by Gasteiger charge is 2.55. The molecule has 1 aromatic heterocycles. The molecule has 0 radical (unpaired) electrons. The fourth-order valence-electron chi connectivity index (χ4n) is 4.32. The van der Waals surface area contributed by atoms with Crippen molar-refractivity contribution in [2.45, 2.75) is 25.4 Å². The molecular formula is C18H25N4O2S2+. The number of hydroxylamine groups is 3. The minimum Gasteiger partial charge on any atom is -0.382 e. The first-order chi connectivity index (χ1) is 12.4. The number of anilines is 1. The molecule has 3 fully saturated rings. The van der Waals surface area contributed by atoms with Gasteiger partial charge < -0.3 is 15.7 Å². The zero-order chi connectivity index (χ0) is 18.4. The van der Waals surface area contributed by atoms with Crippen molar-refractivity contribution in [1.29, 1.82) is 0 Å². The Balaban J connectivity index is 1.40. The minimum absolute atomic E-state index is 0.304. The zero-order valence-corrected chi connectivity index (χ0v) is 16.8. The van der Waals surface area contributed by atoms with Crippen LogP contribution in [0.1, 0.15) is 18.4 Å². The molecule has 0 amide bonds. The third-order valence-electron chi connectivity index (χ3n) is 5.88. The molecule has 1 unspecified atom stereocenters. The number of hydrogen-bond acceptors (Lipinski definition) is 5. The van der Waals surface area contributed by atoms with Gasteiger partial charge in [0.15, 0.2) is 10.2 Å². The Morgan fingerprint density at radius 2 is 2.23 bits per heavy atom. The summed E-state index contributed by atoms with van der Waals surface area (Å²) in [6.07, 6.45) is 1.98. The second kappa shape index (κ2) is 6.69. The average Bonchev–Trinajstić information content (AvgIpc) is 3.05. The summed E-state index contributed by atoms with van der Waals surface area (Å²) in [6.45, 7) is 5.06. The van der Waals surface area contributed by atoms with E-state index in [1.54, 1.807) is 18.4 Å². The van der Waals surface area contributed by atoms with Gasteiger partial charge in [-0.05, 0) is 30.8 Å². The number of quaternary nitrogens is 1. The number of aryl methyl sites for hydroxylation is 1. The normalized spacial score (nSPS) is 30.5. The van der Waals surface area contributed by atoms with Crippen LogP contribution in [0.25, 0.3) is 10.2 Å². The monoisotopic (exact) mass is 393 g/mol. The number of fused-ring (bicyclic) bond motifs is 4. The maximum absolute atomic E-state index is 11.2. The molecule has 4 heterocycles. The highest BCUT2D eigenvalue weighted by atomic mass is 32.1. The molecular weight excluding hydrogens is 368 g/mol. The quantitative estimate of drug-likeness (QED) is 0.548. The van der Waals surface area contributed by atoms with Gasteiger partial charge in [0.25, 0.3) is 0 Å². The number of piperidine rings is 3. The molecule has 5 rings (SSSR count). The number of nitrogens with one attached hydrogen (secondary N) is 2. The van der Waals surface area contributed by atoms with E-state index in [1.807, 2.05) is 6.07 Å². The Labute approximate surface area is 162 Å². The van der Waals surface area contributed by atoms with Crippen molar-refractivity contribution < 1.29 is 14.6 Å². The SMILES string of the molecule is CO[N+]12CCC(CC1)C(O)(CNC(=S)Nc1nc3c(C)cccc3s1)C2. The van der Waals surface area contributed by atoms with Crippen LogP contribution in [-0.4, -0.2) is 58.7 Å². The van der Waals surface area contributed by atoms with Crippen LogP contribution in [0.5, 0.6) is 0 Å². The van der Waals surface area contributed by atoms with Crippen molar-refractivity contribution >= 4 is 44.0 Å². The van der Waals surface area contributed by atoms with Crippen LogP contribution in [0.2, 0.25) is 0 Å². The molecule has 2 bridgehead atoms. The van der Waals surface area contributed by atoms with Gasteiger partial charge in [0, 0.05) is 18.8 Å². The van der Waals surface area contributed by atoms with E-state index in [0.717, 1.165) is 46.8 Å². The van der Waals surface area contributed by atoms with Gasteiger partial charge in [0.1, 0.15) is 25.2 Å². The molecule has 3 aliphatic rings. The van der Waals surface area contributed by atoms with Gasteiger partial charge in [0.05, 0.1) is 23.9 Å². The van der Waals surface area contributed by atoms with Crippen molar-refractivity contribution in [2.75, 3.05) is 38.6 Å². The van der Waals surface area contributed by atoms with Crippen molar-refractivity contribution in [2.24, 2.45) is 5.92 Å². The van der Waals surface area contributed by atoms with E-state index in [9.17, 15) is 5.11 Å². The van der Waals surface area contributed by atoms with E-state index in [2.05, 4.69) is 34.7 Å². The van der Waals surface area contributed by atoms with E-state index in [-0.39, 0.29) is 0 Å². The summed E-state index contributed by atoms with van der Waals surface area (Å²) >= 11 is 7.01. The fourth-order valence-corrected chi connectivity index (χ4v) is 5.51. The Morgan fingerprint density at radius 3 is 2.92 bits per heavy atom. The molecule has 0 spiro atoms. The van der Waals surface area contributed by atoms with Crippen LogP contribution < -0.4 is 10.6 Å². The number of benzene rings is 1. The summed E-state index contributed by atoms with van der Waals surface area (Å²) in [5, 5.41) is 18.8. The molecule has 3 N–H and O–H groups in total. The summed E-state index contributed by atoms with van der Waals surface area (Å²) in [5.41, 5.74) is 1.37. The lowest BCUT2D eigenvalue weighted by atomic mass is 9.75. The minimum atomic E-state index is -0.789. The van der Waals surface area contributed by atoms with Gasteiger partial charge in [-0.3, -0.25) is 0 Å². The van der Waals surface area contributed by atoms with Crippen LogP contribution in [-0.2, 0) is 4.84 Å². The zero-order valence-electron chi connectivity index (χ0n) is 15.1.